The van der Waals surface area contributed by atoms with Crippen LogP contribution < -0.4 is 5.46 Å². The Labute approximate surface area is 178 Å². The average Bonchev–Trinajstić information content (AvgIpc) is 2.83. The predicted octanol–water partition coefficient (Wildman–Crippen LogP) is 4.87. The average molecular weight is 418 g/mol. The van der Waals surface area contributed by atoms with Crippen molar-refractivity contribution < 1.29 is 9.31 Å². The van der Waals surface area contributed by atoms with Crippen LogP contribution in [0.3, 0.4) is 0 Å². The van der Waals surface area contributed by atoms with Crippen molar-refractivity contribution in [3.8, 4) is 0 Å². The Bertz CT molecular complexity index is 899. The Balaban J connectivity index is 1.69. The molecule has 28 heavy (non-hydrogen) atoms. The van der Waals surface area contributed by atoms with Gasteiger partial charge in [0, 0.05) is 19.0 Å². The topological polar surface area (TPSA) is 21.7 Å². The lowest BCUT2D eigenvalue weighted by Gasteiger charge is -2.33. The number of hydrogen-bond acceptors (Lipinski definition) is 3. The summed E-state index contributed by atoms with van der Waals surface area (Å²) in [6, 6.07) is 12.5. The van der Waals surface area contributed by atoms with Crippen molar-refractivity contribution >= 4 is 35.8 Å². The van der Waals surface area contributed by atoms with Crippen LogP contribution in [-0.4, -0.2) is 36.8 Å². The van der Waals surface area contributed by atoms with Crippen molar-refractivity contribution in [1.82, 2.24) is 4.90 Å². The molecule has 0 bridgehead atoms. The number of halogens is 2. The number of benzene rings is 2. The molecule has 1 unspecified atom stereocenters. The SMILES string of the molecule is CN1Cc2cc(B3OC(C)(C)C(C)(C)O3)ccc2C(c2ccc(Cl)c(Cl)c2)C1. The monoisotopic (exact) mass is 417 g/mol. The summed E-state index contributed by atoms with van der Waals surface area (Å²) in [4.78, 5) is 2.34. The second kappa shape index (κ2) is 7.03. The third-order valence-electron chi connectivity index (χ3n) is 6.35. The first-order valence-corrected chi connectivity index (χ1v) is 10.4. The summed E-state index contributed by atoms with van der Waals surface area (Å²) < 4.78 is 12.5. The van der Waals surface area contributed by atoms with Gasteiger partial charge in [-0.15, -0.1) is 0 Å². The van der Waals surface area contributed by atoms with Gasteiger partial charge in [0.15, 0.2) is 0 Å². The van der Waals surface area contributed by atoms with Gasteiger partial charge >= 0.3 is 7.12 Å². The molecule has 2 aromatic rings. The van der Waals surface area contributed by atoms with E-state index in [0.717, 1.165) is 18.6 Å². The Kier molecular flexibility index (Phi) is 5.09. The first-order valence-electron chi connectivity index (χ1n) is 9.69. The van der Waals surface area contributed by atoms with E-state index in [1.165, 1.54) is 16.7 Å². The molecule has 6 heteroatoms. The maximum atomic E-state index is 6.28. The fourth-order valence-corrected chi connectivity index (χ4v) is 4.31. The zero-order valence-electron chi connectivity index (χ0n) is 17.1. The highest BCUT2D eigenvalue weighted by atomic mass is 35.5. The van der Waals surface area contributed by atoms with Crippen LogP contribution in [0.15, 0.2) is 36.4 Å². The molecule has 0 saturated carbocycles. The van der Waals surface area contributed by atoms with E-state index >= 15 is 0 Å². The van der Waals surface area contributed by atoms with Gasteiger partial charge < -0.3 is 14.2 Å². The molecule has 1 atom stereocenters. The number of rotatable bonds is 2. The third-order valence-corrected chi connectivity index (χ3v) is 7.09. The summed E-state index contributed by atoms with van der Waals surface area (Å²) in [5.41, 5.74) is 4.21. The fourth-order valence-electron chi connectivity index (χ4n) is 4.01. The molecule has 2 aromatic carbocycles. The number of likely N-dealkylation sites (N-methyl/N-ethyl adjacent to an activating group) is 1. The van der Waals surface area contributed by atoms with E-state index in [1.807, 2.05) is 12.1 Å². The summed E-state index contributed by atoms with van der Waals surface area (Å²) in [6.45, 7) is 10.2. The van der Waals surface area contributed by atoms with Gasteiger partial charge in [0.1, 0.15) is 0 Å². The van der Waals surface area contributed by atoms with Crippen LogP contribution >= 0.6 is 23.2 Å². The van der Waals surface area contributed by atoms with E-state index in [2.05, 4.69) is 63.9 Å². The van der Waals surface area contributed by atoms with E-state index in [-0.39, 0.29) is 24.2 Å². The zero-order chi connectivity index (χ0) is 20.3. The lowest BCUT2D eigenvalue weighted by Crippen LogP contribution is -2.41. The molecule has 148 valence electrons. The standard InChI is InChI=1S/C22H26BCl2NO2/c1-21(2)22(3,4)28-23(27-21)16-7-8-17-15(10-16)12-26(5)13-18(17)14-6-9-19(24)20(25)11-14/h6-11,18H,12-13H2,1-5H3. The highest BCUT2D eigenvalue weighted by molar-refractivity contribution is 6.62. The van der Waals surface area contributed by atoms with Crippen molar-refractivity contribution in [2.45, 2.75) is 51.4 Å². The third kappa shape index (κ3) is 3.50. The Hall–Kier alpha value is -1.04. The lowest BCUT2D eigenvalue weighted by atomic mass is 9.75. The van der Waals surface area contributed by atoms with Crippen LogP contribution in [0.5, 0.6) is 0 Å². The van der Waals surface area contributed by atoms with Crippen LogP contribution in [0, 0.1) is 0 Å². The van der Waals surface area contributed by atoms with Crippen LogP contribution in [0.2, 0.25) is 10.0 Å². The van der Waals surface area contributed by atoms with Crippen LogP contribution in [-0.2, 0) is 15.9 Å². The molecule has 0 amide bonds. The molecule has 1 saturated heterocycles. The van der Waals surface area contributed by atoms with Gasteiger partial charge in [-0.05, 0) is 69.0 Å². The van der Waals surface area contributed by atoms with Crippen molar-refractivity contribution in [1.29, 1.82) is 0 Å². The molecule has 4 rings (SSSR count). The molecule has 3 nitrogen and oxygen atoms in total. The fraction of sp³-hybridized carbons (Fsp3) is 0.455. The van der Waals surface area contributed by atoms with Gasteiger partial charge in [0.2, 0.25) is 0 Å². The van der Waals surface area contributed by atoms with Gasteiger partial charge in [0.25, 0.3) is 0 Å². The number of nitrogens with zero attached hydrogens (tertiary/aromatic N) is 1. The maximum absolute atomic E-state index is 6.28. The van der Waals surface area contributed by atoms with E-state index in [0.29, 0.717) is 10.0 Å². The first kappa shape index (κ1) is 20.2. The van der Waals surface area contributed by atoms with Gasteiger partial charge in [-0.3, -0.25) is 0 Å². The highest BCUT2D eigenvalue weighted by Gasteiger charge is 2.51. The largest absolute Gasteiger partial charge is 0.494 e. The molecule has 1 fully saturated rings. The zero-order valence-corrected chi connectivity index (χ0v) is 18.6. The molecule has 0 N–H and O–H groups in total. The molecule has 0 aromatic heterocycles. The van der Waals surface area contributed by atoms with Crippen molar-refractivity contribution in [3.05, 3.63) is 63.1 Å². The minimum absolute atomic E-state index is 0.260. The van der Waals surface area contributed by atoms with Gasteiger partial charge in [0.05, 0.1) is 21.2 Å². The van der Waals surface area contributed by atoms with Crippen molar-refractivity contribution in [3.63, 3.8) is 0 Å². The first-order chi connectivity index (χ1) is 13.1. The molecular weight excluding hydrogens is 392 g/mol. The molecule has 2 aliphatic rings. The minimum Gasteiger partial charge on any atom is -0.399 e. The summed E-state index contributed by atoms with van der Waals surface area (Å²) in [6.07, 6.45) is 0. The summed E-state index contributed by atoms with van der Waals surface area (Å²) in [5.74, 6) is 0.260. The summed E-state index contributed by atoms with van der Waals surface area (Å²) in [5, 5.41) is 1.19. The Morgan fingerprint density at radius 3 is 2.29 bits per heavy atom. The quantitative estimate of drug-likeness (QED) is 0.650. The Morgan fingerprint density at radius 2 is 1.64 bits per heavy atom. The van der Waals surface area contributed by atoms with Crippen molar-refractivity contribution in [2.24, 2.45) is 0 Å². The minimum atomic E-state index is -0.342. The summed E-state index contributed by atoms with van der Waals surface area (Å²) >= 11 is 12.4. The van der Waals surface area contributed by atoms with E-state index in [9.17, 15) is 0 Å². The van der Waals surface area contributed by atoms with Gasteiger partial charge in [-0.2, -0.15) is 0 Å². The number of hydrogen-bond donors (Lipinski definition) is 0. The predicted molar refractivity (Wildman–Crippen MR) is 117 cm³/mol. The maximum Gasteiger partial charge on any atom is 0.494 e. The molecular formula is C22H26BCl2NO2. The number of fused-ring (bicyclic) bond motifs is 1. The Morgan fingerprint density at radius 1 is 0.964 bits per heavy atom. The molecule has 0 spiro atoms. The second-order valence-electron chi connectivity index (χ2n) is 8.97. The van der Waals surface area contributed by atoms with Gasteiger partial charge in [-0.25, -0.2) is 0 Å². The summed E-state index contributed by atoms with van der Waals surface area (Å²) in [7, 11) is 1.81. The second-order valence-corrected chi connectivity index (χ2v) is 9.78. The van der Waals surface area contributed by atoms with E-state index < -0.39 is 0 Å². The molecule has 0 aliphatic carbocycles. The molecule has 0 radical (unpaired) electrons. The van der Waals surface area contributed by atoms with Crippen molar-refractivity contribution in [2.75, 3.05) is 13.6 Å². The normalized spacial score (nSPS) is 23.7. The van der Waals surface area contributed by atoms with Gasteiger partial charge in [-0.1, -0.05) is 47.5 Å². The smallest absolute Gasteiger partial charge is 0.399 e. The van der Waals surface area contributed by atoms with Crippen LogP contribution in [0.4, 0.5) is 0 Å². The molecule has 2 aliphatic heterocycles. The van der Waals surface area contributed by atoms with E-state index in [4.69, 9.17) is 32.5 Å². The highest BCUT2D eigenvalue weighted by Crippen LogP contribution is 2.38. The van der Waals surface area contributed by atoms with E-state index in [1.54, 1.807) is 0 Å². The molecule has 2 heterocycles. The lowest BCUT2D eigenvalue weighted by molar-refractivity contribution is 0.00578. The van der Waals surface area contributed by atoms with Crippen LogP contribution in [0.25, 0.3) is 0 Å². The van der Waals surface area contributed by atoms with Crippen LogP contribution in [0.1, 0.15) is 50.3 Å².